The molecule has 0 spiro atoms. The summed E-state index contributed by atoms with van der Waals surface area (Å²) >= 11 is 0. The number of carbonyl (C=O) groups excluding carboxylic acids is 1. The molecular weight excluding hydrogens is 664 g/mol. The number of hydrogen-bond acceptors (Lipinski definition) is 9. The third kappa shape index (κ3) is 30.1. The van der Waals surface area contributed by atoms with Gasteiger partial charge in [-0.25, -0.2) is 0 Å². The van der Waals surface area contributed by atoms with Gasteiger partial charge in [0.05, 0.1) is 26.2 Å². The van der Waals surface area contributed by atoms with Gasteiger partial charge in [0.25, 0.3) is 0 Å². The molecule has 0 aliphatic rings. The fraction of sp³-hybridized carbons (Fsp3) is 0.833. The molecule has 51 heavy (non-hydrogen) atoms. The molecule has 1 atom stereocenters. The molecule has 6 N–H and O–H groups in total. The van der Waals surface area contributed by atoms with Gasteiger partial charge in [0.15, 0.2) is 0 Å². The Balaban J connectivity index is 4.64. The van der Waals surface area contributed by atoms with Gasteiger partial charge in [-0.15, -0.1) is 0 Å². The number of carboxylic acids is 5. The first-order valence-electron chi connectivity index (χ1n) is 18.9. The second-order valence-corrected chi connectivity index (χ2v) is 13.4. The molecule has 0 aliphatic heterocycles. The predicted molar refractivity (Wildman–Crippen MR) is 193 cm³/mol. The van der Waals surface area contributed by atoms with Crippen molar-refractivity contribution < 1.29 is 54.3 Å². The van der Waals surface area contributed by atoms with Crippen LogP contribution in [0, 0.1) is 0 Å². The Hall–Kier alpha value is -3.30. The third-order valence-corrected chi connectivity index (χ3v) is 8.80. The highest BCUT2D eigenvalue weighted by Gasteiger charge is 2.27. The van der Waals surface area contributed by atoms with E-state index < -0.39 is 62.1 Å². The summed E-state index contributed by atoms with van der Waals surface area (Å²) in [4.78, 5) is 73.3. The van der Waals surface area contributed by atoms with Crippen LogP contribution in [0.1, 0.15) is 129 Å². The first-order chi connectivity index (χ1) is 24.3. The van der Waals surface area contributed by atoms with Gasteiger partial charge in [-0.1, -0.05) is 96.8 Å². The zero-order chi connectivity index (χ0) is 38.3. The molecule has 1 amide bonds. The summed E-state index contributed by atoms with van der Waals surface area (Å²) in [5.41, 5.74) is 0. The van der Waals surface area contributed by atoms with Crippen LogP contribution in [0.15, 0.2) is 0 Å². The Morgan fingerprint density at radius 3 is 1.22 bits per heavy atom. The van der Waals surface area contributed by atoms with Gasteiger partial charge >= 0.3 is 29.8 Å². The highest BCUT2D eigenvalue weighted by Crippen LogP contribution is 2.14. The molecular formula is C36H66N4O11. The lowest BCUT2D eigenvalue weighted by atomic mass is 10.0. The van der Waals surface area contributed by atoms with Crippen molar-refractivity contribution in [2.45, 2.75) is 135 Å². The summed E-state index contributed by atoms with van der Waals surface area (Å²) in [5.74, 6) is -6.25. The van der Waals surface area contributed by atoms with Gasteiger partial charge in [-0.2, -0.15) is 0 Å². The van der Waals surface area contributed by atoms with Crippen LogP contribution in [0.2, 0.25) is 0 Å². The monoisotopic (exact) mass is 730 g/mol. The van der Waals surface area contributed by atoms with E-state index in [2.05, 4.69) is 12.2 Å². The lowest BCUT2D eigenvalue weighted by Gasteiger charge is -2.32. The summed E-state index contributed by atoms with van der Waals surface area (Å²) in [6.07, 6.45) is 20.3. The predicted octanol–water partition coefficient (Wildman–Crippen LogP) is 4.23. The van der Waals surface area contributed by atoms with Crippen molar-refractivity contribution >= 4 is 35.8 Å². The number of carboxylic acid groups (broad SMARTS) is 5. The van der Waals surface area contributed by atoms with Crippen molar-refractivity contribution in [1.29, 1.82) is 0 Å². The van der Waals surface area contributed by atoms with Crippen LogP contribution >= 0.6 is 0 Å². The summed E-state index contributed by atoms with van der Waals surface area (Å²) in [5, 5.41) is 49.6. The molecule has 0 aromatic heterocycles. The van der Waals surface area contributed by atoms with Crippen molar-refractivity contribution in [2.75, 3.05) is 58.9 Å². The maximum Gasteiger partial charge on any atom is 0.320 e. The highest BCUT2D eigenvalue weighted by molar-refractivity contribution is 5.76. The standard InChI is InChI=1S/C36H66N4O11/c1-2-3-4-5-6-7-8-9-10-11-12-13-14-15-16-20-31(41)37-21-18-17-19-30(36(50)51)40(24-22-38(26-32(42)43)27-33(44)45)25-23-39(28-34(46)47)29-35(48)49/h30H,2-29H2,1H3,(H,37,41)(H,42,43)(H,44,45)(H,46,47)(H,48,49)(H,50,51)/t30-/m0/s1. The zero-order valence-electron chi connectivity index (χ0n) is 30.9. The lowest BCUT2D eigenvalue weighted by Crippen LogP contribution is -2.50. The van der Waals surface area contributed by atoms with Gasteiger partial charge < -0.3 is 30.8 Å². The van der Waals surface area contributed by atoms with E-state index >= 15 is 0 Å². The van der Waals surface area contributed by atoms with Crippen molar-refractivity contribution in [3.8, 4) is 0 Å². The molecule has 296 valence electrons. The highest BCUT2D eigenvalue weighted by atomic mass is 16.4. The topological polar surface area (TPSA) is 225 Å². The number of amides is 1. The van der Waals surface area contributed by atoms with E-state index in [0.717, 1.165) is 29.1 Å². The Bertz CT molecular complexity index is 926. The average Bonchev–Trinajstić information content (AvgIpc) is 3.03. The van der Waals surface area contributed by atoms with Crippen LogP contribution in [0.4, 0.5) is 0 Å². The Morgan fingerprint density at radius 2 is 0.863 bits per heavy atom. The first kappa shape index (κ1) is 47.7. The fourth-order valence-corrected chi connectivity index (χ4v) is 6.05. The minimum atomic E-state index is -1.26. The second-order valence-electron chi connectivity index (χ2n) is 13.4. The van der Waals surface area contributed by atoms with Crippen molar-refractivity contribution in [3.05, 3.63) is 0 Å². The maximum absolute atomic E-state index is 12.3. The van der Waals surface area contributed by atoms with Gasteiger partial charge in [0.1, 0.15) is 6.04 Å². The average molecular weight is 731 g/mol. The van der Waals surface area contributed by atoms with Gasteiger partial charge in [-0.05, 0) is 25.7 Å². The Kier molecular flexibility index (Phi) is 29.4. The number of nitrogens with zero attached hydrogens (tertiary/aromatic N) is 3. The lowest BCUT2D eigenvalue weighted by molar-refractivity contribution is -0.146. The molecule has 0 radical (unpaired) electrons. The summed E-state index contributed by atoms with van der Waals surface area (Å²) in [7, 11) is 0. The SMILES string of the molecule is CCCCCCCCCCCCCCCCCC(=O)NCCCC[C@@H](C(=O)O)N(CCN(CC(=O)O)CC(=O)O)CCN(CC(=O)O)CC(=O)O. The minimum Gasteiger partial charge on any atom is -0.480 e. The van der Waals surface area contributed by atoms with Crippen molar-refractivity contribution in [2.24, 2.45) is 0 Å². The minimum absolute atomic E-state index is 0.0463. The van der Waals surface area contributed by atoms with E-state index in [1.54, 1.807) is 0 Å². The molecule has 0 saturated heterocycles. The van der Waals surface area contributed by atoms with Crippen LogP contribution in [0.25, 0.3) is 0 Å². The van der Waals surface area contributed by atoms with Gasteiger partial charge in [0, 0.05) is 39.1 Å². The normalized spacial score (nSPS) is 12.0. The van der Waals surface area contributed by atoms with E-state index in [-0.39, 0.29) is 38.5 Å². The molecule has 0 fully saturated rings. The molecule has 0 aromatic rings. The Morgan fingerprint density at radius 1 is 0.490 bits per heavy atom. The molecule has 0 aromatic carbocycles. The van der Waals surface area contributed by atoms with Crippen LogP contribution in [-0.2, 0) is 28.8 Å². The molecule has 0 rings (SSSR count). The Labute approximate surface area is 303 Å². The third-order valence-electron chi connectivity index (χ3n) is 8.80. The van der Waals surface area contributed by atoms with Crippen LogP contribution in [-0.4, -0.2) is 141 Å². The number of aliphatic carboxylic acids is 5. The van der Waals surface area contributed by atoms with Crippen LogP contribution < -0.4 is 5.32 Å². The van der Waals surface area contributed by atoms with Crippen LogP contribution in [0.5, 0.6) is 0 Å². The zero-order valence-corrected chi connectivity index (χ0v) is 30.9. The first-order valence-corrected chi connectivity index (χ1v) is 18.9. The molecule has 0 saturated carbocycles. The molecule has 15 nitrogen and oxygen atoms in total. The largest absolute Gasteiger partial charge is 0.480 e. The van der Waals surface area contributed by atoms with Crippen LogP contribution in [0.3, 0.4) is 0 Å². The number of nitrogens with one attached hydrogen (secondary N) is 1. The van der Waals surface area contributed by atoms with Gasteiger partial charge in [0.2, 0.25) is 5.91 Å². The van der Waals surface area contributed by atoms with E-state index in [0.29, 0.717) is 25.8 Å². The van der Waals surface area contributed by atoms with Crippen molar-refractivity contribution in [1.82, 2.24) is 20.0 Å². The number of carbonyl (C=O) groups is 6. The second kappa shape index (κ2) is 31.4. The number of hydrogen-bond donors (Lipinski definition) is 6. The van der Waals surface area contributed by atoms with E-state index in [1.165, 1.54) is 81.9 Å². The number of unbranched alkanes of at least 4 members (excludes halogenated alkanes) is 15. The summed E-state index contributed by atoms with van der Waals surface area (Å²) < 4.78 is 0. The van der Waals surface area contributed by atoms with E-state index in [1.807, 2.05) is 0 Å². The van der Waals surface area contributed by atoms with Gasteiger partial charge in [-0.3, -0.25) is 43.5 Å². The maximum atomic E-state index is 12.3. The molecule has 0 bridgehead atoms. The molecule has 0 unspecified atom stereocenters. The van der Waals surface area contributed by atoms with E-state index in [9.17, 15) is 33.9 Å². The quantitative estimate of drug-likeness (QED) is 0.0492. The van der Waals surface area contributed by atoms with E-state index in [4.69, 9.17) is 20.4 Å². The molecule has 15 heteroatoms. The summed E-state index contributed by atoms with van der Waals surface area (Å²) in [6.45, 7) is -0.0235. The fourth-order valence-electron chi connectivity index (χ4n) is 6.05. The summed E-state index contributed by atoms with van der Waals surface area (Å²) in [6, 6.07) is -1.09. The van der Waals surface area contributed by atoms with Crippen molar-refractivity contribution in [3.63, 3.8) is 0 Å². The molecule has 0 heterocycles. The number of rotatable bonds is 37. The smallest absolute Gasteiger partial charge is 0.320 e. The molecule has 0 aliphatic carbocycles.